The molecule has 0 radical (unpaired) electrons. The number of alkyl halides is 6. The molecular formula is C15H6F6N4. The van der Waals surface area contributed by atoms with Gasteiger partial charge in [0.1, 0.15) is 17.5 Å². The minimum Gasteiger partial charge on any atom is -0.291 e. The van der Waals surface area contributed by atoms with Crippen molar-refractivity contribution in [3.8, 4) is 17.3 Å². The topological polar surface area (TPSA) is 54.0 Å². The third-order valence-corrected chi connectivity index (χ3v) is 3.38. The summed E-state index contributed by atoms with van der Waals surface area (Å²) < 4.78 is 77.6. The van der Waals surface area contributed by atoms with Crippen LogP contribution in [0.15, 0.2) is 36.7 Å². The Morgan fingerprint density at radius 2 is 1.60 bits per heavy atom. The molecule has 0 saturated carbocycles. The first-order chi connectivity index (χ1) is 11.6. The number of hydrogen-bond acceptors (Lipinski definition) is 3. The summed E-state index contributed by atoms with van der Waals surface area (Å²) in [6, 6.07) is 5.31. The van der Waals surface area contributed by atoms with Crippen molar-refractivity contribution in [2.75, 3.05) is 0 Å². The number of fused-ring (bicyclic) bond motifs is 1. The molecule has 0 spiro atoms. The van der Waals surface area contributed by atoms with Crippen LogP contribution in [0.2, 0.25) is 0 Å². The fourth-order valence-electron chi connectivity index (χ4n) is 2.26. The largest absolute Gasteiger partial charge is 0.433 e. The highest BCUT2D eigenvalue weighted by molar-refractivity contribution is 5.74. The first-order valence-electron chi connectivity index (χ1n) is 6.64. The first-order valence-corrected chi connectivity index (χ1v) is 6.64. The molecule has 0 aliphatic heterocycles. The summed E-state index contributed by atoms with van der Waals surface area (Å²) in [6.07, 6.45) is -7.82. The lowest BCUT2D eigenvalue weighted by Gasteiger charge is -2.10. The van der Waals surface area contributed by atoms with Crippen LogP contribution in [0.25, 0.3) is 16.9 Å². The van der Waals surface area contributed by atoms with Crippen molar-refractivity contribution in [1.29, 1.82) is 5.26 Å². The van der Waals surface area contributed by atoms with Gasteiger partial charge in [-0.1, -0.05) is 12.1 Å². The van der Waals surface area contributed by atoms with E-state index in [1.54, 1.807) is 6.07 Å². The molecule has 0 unspecified atom stereocenters. The van der Waals surface area contributed by atoms with Crippen molar-refractivity contribution in [3.05, 3.63) is 53.6 Å². The van der Waals surface area contributed by atoms with Crippen molar-refractivity contribution in [2.24, 2.45) is 0 Å². The van der Waals surface area contributed by atoms with Crippen LogP contribution < -0.4 is 0 Å². The molecule has 3 aromatic rings. The molecule has 2 heterocycles. The Morgan fingerprint density at radius 3 is 2.12 bits per heavy atom. The fraction of sp³-hybridized carbons (Fsp3) is 0.133. The van der Waals surface area contributed by atoms with Crippen LogP contribution in [0.1, 0.15) is 17.0 Å². The highest BCUT2D eigenvalue weighted by Crippen LogP contribution is 2.34. The summed E-state index contributed by atoms with van der Waals surface area (Å²) in [5.74, 6) is 0. The number of rotatable bonds is 1. The van der Waals surface area contributed by atoms with Gasteiger partial charge in [-0.05, 0) is 12.1 Å². The Hall–Kier alpha value is -3.09. The van der Waals surface area contributed by atoms with Gasteiger partial charge in [-0.25, -0.2) is 9.97 Å². The van der Waals surface area contributed by atoms with Crippen molar-refractivity contribution in [1.82, 2.24) is 14.4 Å². The minimum atomic E-state index is -4.72. The second-order valence-electron chi connectivity index (χ2n) is 5.00. The molecule has 128 valence electrons. The smallest absolute Gasteiger partial charge is 0.291 e. The van der Waals surface area contributed by atoms with Crippen LogP contribution >= 0.6 is 0 Å². The third-order valence-electron chi connectivity index (χ3n) is 3.38. The monoisotopic (exact) mass is 356 g/mol. The number of halogens is 6. The molecule has 0 aliphatic rings. The average Bonchev–Trinajstić information content (AvgIpc) is 2.97. The van der Waals surface area contributed by atoms with E-state index in [1.807, 2.05) is 0 Å². The molecule has 0 bridgehead atoms. The number of imidazole rings is 1. The summed E-state index contributed by atoms with van der Waals surface area (Å²) in [7, 11) is 0. The lowest BCUT2D eigenvalue weighted by atomic mass is 10.1. The Kier molecular flexibility index (Phi) is 3.67. The molecule has 10 heteroatoms. The van der Waals surface area contributed by atoms with E-state index in [4.69, 9.17) is 5.26 Å². The van der Waals surface area contributed by atoms with E-state index in [1.165, 1.54) is 0 Å². The Bertz CT molecular complexity index is 977. The van der Waals surface area contributed by atoms with E-state index < -0.39 is 23.6 Å². The number of nitriles is 1. The van der Waals surface area contributed by atoms with Crippen molar-refractivity contribution >= 4 is 5.65 Å². The van der Waals surface area contributed by atoms with Crippen molar-refractivity contribution in [2.45, 2.75) is 12.4 Å². The van der Waals surface area contributed by atoms with E-state index >= 15 is 0 Å². The molecule has 0 N–H and O–H groups in total. The summed E-state index contributed by atoms with van der Waals surface area (Å²) in [5, 5.41) is 8.97. The lowest BCUT2D eigenvalue weighted by Crippen LogP contribution is -2.10. The first kappa shape index (κ1) is 16.8. The van der Waals surface area contributed by atoms with Gasteiger partial charge in [-0.2, -0.15) is 31.6 Å². The Balaban J connectivity index is 2.23. The van der Waals surface area contributed by atoms with E-state index in [2.05, 4.69) is 9.97 Å². The quantitative estimate of drug-likeness (QED) is 0.611. The summed E-state index contributed by atoms with van der Waals surface area (Å²) in [6.45, 7) is 0. The summed E-state index contributed by atoms with van der Waals surface area (Å²) in [4.78, 5) is 7.54. The van der Waals surface area contributed by atoms with Gasteiger partial charge in [-0.3, -0.25) is 4.40 Å². The molecule has 0 atom stereocenters. The summed E-state index contributed by atoms with van der Waals surface area (Å²) >= 11 is 0. The van der Waals surface area contributed by atoms with Crippen LogP contribution in [-0.2, 0) is 12.4 Å². The van der Waals surface area contributed by atoms with Gasteiger partial charge in [-0.15, -0.1) is 0 Å². The molecule has 0 aliphatic carbocycles. The Labute approximate surface area is 136 Å². The predicted octanol–water partition coefficient (Wildman–Crippen LogP) is 4.31. The van der Waals surface area contributed by atoms with Gasteiger partial charge in [0.15, 0.2) is 11.3 Å². The zero-order valence-corrected chi connectivity index (χ0v) is 12.0. The molecule has 3 rings (SSSR count). The maximum atomic E-state index is 13.0. The minimum absolute atomic E-state index is 0.106. The van der Waals surface area contributed by atoms with Crippen LogP contribution in [0.3, 0.4) is 0 Å². The zero-order chi connectivity index (χ0) is 18.4. The standard InChI is InChI=1S/C15H6F6N4/c16-14(17,18)9-3-1-8(2-4-9)12-13-23-6-11(15(19,20)21)25(13)7-10(5-22)24-12/h1-4,6-7H. The Morgan fingerprint density at radius 1 is 0.960 bits per heavy atom. The van der Waals surface area contributed by atoms with Gasteiger partial charge in [0, 0.05) is 11.8 Å². The highest BCUT2D eigenvalue weighted by atomic mass is 19.4. The molecule has 2 aromatic heterocycles. The molecule has 0 fully saturated rings. The van der Waals surface area contributed by atoms with Crippen molar-refractivity contribution < 1.29 is 26.3 Å². The maximum absolute atomic E-state index is 13.0. The molecule has 4 nitrogen and oxygen atoms in total. The highest BCUT2D eigenvalue weighted by Gasteiger charge is 2.35. The summed E-state index contributed by atoms with van der Waals surface area (Å²) in [5.41, 5.74) is -2.59. The molecule has 0 amide bonds. The van der Waals surface area contributed by atoms with Gasteiger partial charge in [0.25, 0.3) is 0 Å². The number of benzene rings is 1. The third kappa shape index (κ3) is 3.00. The number of nitrogens with zero attached hydrogens (tertiary/aromatic N) is 4. The van der Waals surface area contributed by atoms with Gasteiger partial charge < -0.3 is 0 Å². The normalized spacial score (nSPS) is 12.4. The van der Waals surface area contributed by atoms with Gasteiger partial charge in [0.2, 0.25) is 0 Å². The fourth-order valence-corrected chi connectivity index (χ4v) is 2.26. The lowest BCUT2D eigenvalue weighted by molar-refractivity contribution is -0.141. The maximum Gasteiger partial charge on any atom is 0.433 e. The second kappa shape index (κ2) is 5.47. The molecule has 0 saturated heterocycles. The van der Waals surface area contributed by atoms with E-state index in [0.29, 0.717) is 10.6 Å². The molecule has 1 aromatic carbocycles. The number of aromatic nitrogens is 3. The molecule has 25 heavy (non-hydrogen) atoms. The second-order valence-corrected chi connectivity index (χ2v) is 5.00. The van der Waals surface area contributed by atoms with E-state index in [-0.39, 0.29) is 22.6 Å². The van der Waals surface area contributed by atoms with Gasteiger partial charge in [0.05, 0.1) is 11.8 Å². The van der Waals surface area contributed by atoms with Gasteiger partial charge >= 0.3 is 12.4 Å². The average molecular weight is 356 g/mol. The molecular weight excluding hydrogens is 350 g/mol. The zero-order valence-electron chi connectivity index (χ0n) is 12.0. The van der Waals surface area contributed by atoms with Crippen molar-refractivity contribution in [3.63, 3.8) is 0 Å². The van der Waals surface area contributed by atoms with E-state index in [0.717, 1.165) is 30.5 Å². The predicted molar refractivity (Wildman–Crippen MR) is 73.1 cm³/mol. The SMILES string of the molecule is N#Cc1cn2c(C(F)(F)F)cnc2c(-c2ccc(C(F)(F)F)cc2)n1. The van der Waals surface area contributed by atoms with Crippen LogP contribution in [0, 0.1) is 11.3 Å². The van der Waals surface area contributed by atoms with Crippen LogP contribution in [-0.4, -0.2) is 14.4 Å². The van der Waals surface area contributed by atoms with Crippen LogP contribution in [0.4, 0.5) is 26.3 Å². The van der Waals surface area contributed by atoms with E-state index in [9.17, 15) is 26.3 Å². The number of hydrogen-bond donors (Lipinski definition) is 0. The van der Waals surface area contributed by atoms with Crippen LogP contribution in [0.5, 0.6) is 0 Å².